The predicted molar refractivity (Wildman–Crippen MR) is 100 cm³/mol. The molecular formula is C20H25N3O3. The molecule has 138 valence electrons. The zero-order valence-corrected chi connectivity index (χ0v) is 15.1. The lowest BCUT2D eigenvalue weighted by molar-refractivity contribution is 0.106. The number of carbonyl (C=O) groups excluding carboxylic acids is 2. The molecule has 0 aromatic heterocycles. The Morgan fingerprint density at radius 3 is 2.27 bits per heavy atom. The van der Waals surface area contributed by atoms with E-state index in [1.165, 1.54) is 5.01 Å². The van der Waals surface area contributed by atoms with Gasteiger partial charge in [0.05, 0.1) is 6.04 Å². The molecule has 2 rings (SSSR count). The number of urea groups is 1. The van der Waals surface area contributed by atoms with Gasteiger partial charge in [0, 0.05) is 6.54 Å². The molecule has 6 heteroatoms. The number of carbonyl (C=O) groups is 2. The van der Waals surface area contributed by atoms with Crippen molar-refractivity contribution in [3.63, 3.8) is 0 Å². The third-order valence-electron chi connectivity index (χ3n) is 3.77. The Bertz CT molecular complexity index is 692. The zero-order valence-electron chi connectivity index (χ0n) is 15.1. The van der Waals surface area contributed by atoms with Gasteiger partial charge >= 0.3 is 12.1 Å². The summed E-state index contributed by atoms with van der Waals surface area (Å²) in [5.74, 6) is 0. The summed E-state index contributed by atoms with van der Waals surface area (Å²) < 4.78 is 5.17. The molecule has 26 heavy (non-hydrogen) atoms. The van der Waals surface area contributed by atoms with Crippen LogP contribution in [0.5, 0.6) is 0 Å². The lowest BCUT2D eigenvalue weighted by Crippen LogP contribution is -2.51. The zero-order chi connectivity index (χ0) is 18.8. The molecule has 0 aliphatic carbocycles. The van der Waals surface area contributed by atoms with Gasteiger partial charge in [-0.2, -0.15) is 0 Å². The number of rotatable bonds is 6. The fraction of sp³-hybridized carbons (Fsp3) is 0.300. The molecule has 0 aliphatic heterocycles. The van der Waals surface area contributed by atoms with Crippen molar-refractivity contribution in [2.75, 3.05) is 6.54 Å². The number of ether oxygens (including phenoxy) is 1. The Morgan fingerprint density at radius 2 is 1.65 bits per heavy atom. The molecule has 2 N–H and O–H groups in total. The highest BCUT2D eigenvalue weighted by Crippen LogP contribution is 2.11. The number of hydrogen-bond acceptors (Lipinski definition) is 3. The van der Waals surface area contributed by atoms with E-state index in [1.807, 2.05) is 74.5 Å². The number of nitrogens with one attached hydrogen (secondary N) is 2. The summed E-state index contributed by atoms with van der Waals surface area (Å²) in [6.45, 7) is 4.35. The van der Waals surface area contributed by atoms with Crippen LogP contribution >= 0.6 is 0 Å². The van der Waals surface area contributed by atoms with Crippen LogP contribution in [0.2, 0.25) is 0 Å². The summed E-state index contributed by atoms with van der Waals surface area (Å²) in [6.07, 6.45) is 0.0383. The predicted octanol–water partition coefficient (Wildman–Crippen LogP) is 4.01. The second-order valence-electron chi connectivity index (χ2n) is 5.91. The van der Waals surface area contributed by atoms with E-state index in [2.05, 4.69) is 10.7 Å². The topological polar surface area (TPSA) is 70.7 Å². The van der Waals surface area contributed by atoms with Crippen LogP contribution in [0.25, 0.3) is 0 Å². The lowest BCUT2D eigenvalue weighted by Gasteiger charge is -2.25. The third kappa shape index (κ3) is 6.12. The van der Waals surface area contributed by atoms with Crippen molar-refractivity contribution in [1.82, 2.24) is 15.8 Å². The maximum absolute atomic E-state index is 12.5. The van der Waals surface area contributed by atoms with Gasteiger partial charge in [-0.05, 0) is 24.5 Å². The van der Waals surface area contributed by atoms with Gasteiger partial charge in [0.25, 0.3) is 0 Å². The lowest BCUT2D eigenvalue weighted by atomic mass is 10.1. The highest BCUT2D eigenvalue weighted by molar-refractivity contribution is 5.78. The molecule has 0 bridgehead atoms. The van der Waals surface area contributed by atoms with Crippen LogP contribution in [-0.4, -0.2) is 23.7 Å². The average Bonchev–Trinajstić information content (AvgIpc) is 2.67. The van der Waals surface area contributed by atoms with Crippen molar-refractivity contribution in [2.24, 2.45) is 0 Å². The Balaban J connectivity index is 1.88. The molecule has 0 saturated heterocycles. The van der Waals surface area contributed by atoms with Crippen molar-refractivity contribution < 1.29 is 14.3 Å². The van der Waals surface area contributed by atoms with Gasteiger partial charge in [-0.15, -0.1) is 0 Å². The highest BCUT2D eigenvalue weighted by Gasteiger charge is 2.18. The second kappa shape index (κ2) is 10.1. The molecule has 0 spiro atoms. The Kier molecular flexibility index (Phi) is 7.49. The van der Waals surface area contributed by atoms with Gasteiger partial charge in [0.2, 0.25) is 0 Å². The van der Waals surface area contributed by atoms with Gasteiger partial charge in [-0.3, -0.25) is 0 Å². The summed E-state index contributed by atoms with van der Waals surface area (Å²) in [5.41, 5.74) is 4.38. The molecule has 6 nitrogen and oxygen atoms in total. The first-order chi connectivity index (χ1) is 12.6. The molecule has 0 radical (unpaired) electrons. The van der Waals surface area contributed by atoms with Gasteiger partial charge < -0.3 is 10.1 Å². The van der Waals surface area contributed by atoms with Crippen molar-refractivity contribution in [1.29, 1.82) is 0 Å². The molecule has 2 aromatic carbocycles. The second-order valence-corrected chi connectivity index (χ2v) is 5.91. The normalized spacial score (nSPS) is 11.3. The van der Waals surface area contributed by atoms with Crippen LogP contribution in [-0.2, 0) is 11.3 Å². The molecular weight excluding hydrogens is 330 g/mol. The fourth-order valence-corrected chi connectivity index (χ4v) is 2.39. The van der Waals surface area contributed by atoms with Crippen LogP contribution in [0.15, 0.2) is 60.7 Å². The van der Waals surface area contributed by atoms with E-state index in [0.29, 0.717) is 13.0 Å². The first-order valence-electron chi connectivity index (χ1n) is 8.70. The number of benzene rings is 2. The third-order valence-corrected chi connectivity index (χ3v) is 3.77. The van der Waals surface area contributed by atoms with E-state index >= 15 is 0 Å². The quantitative estimate of drug-likeness (QED) is 0.769. The van der Waals surface area contributed by atoms with Crippen LogP contribution in [0.1, 0.15) is 37.4 Å². The summed E-state index contributed by atoms with van der Waals surface area (Å²) in [5, 5.41) is 4.12. The molecule has 3 amide bonds. The Labute approximate surface area is 154 Å². The first kappa shape index (κ1) is 19.3. The molecule has 2 aromatic rings. The molecule has 0 aliphatic rings. The van der Waals surface area contributed by atoms with Crippen molar-refractivity contribution in [3.05, 3.63) is 71.8 Å². The van der Waals surface area contributed by atoms with Gasteiger partial charge in [-0.1, -0.05) is 67.6 Å². The molecule has 0 saturated carbocycles. The van der Waals surface area contributed by atoms with Crippen LogP contribution < -0.4 is 10.7 Å². The maximum atomic E-state index is 12.5. The van der Waals surface area contributed by atoms with Crippen molar-refractivity contribution in [3.8, 4) is 0 Å². The SMILES string of the molecule is CCCN(NC(=O)OCc1ccccc1)C(=O)N[C@@H](C)c1ccccc1. The van der Waals surface area contributed by atoms with E-state index < -0.39 is 6.09 Å². The molecule has 0 fully saturated rings. The summed E-state index contributed by atoms with van der Waals surface area (Å²) in [6, 6.07) is 18.5. The van der Waals surface area contributed by atoms with Gasteiger partial charge in [0.15, 0.2) is 0 Å². The Morgan fingerprint density at radius 1 is 1.04 bits per heavy atom. The average molecular weight is 355 g/mol. The van der Waals surface area contributed by atoms with Crippen molar-refractivity contribution in [2.45, 2.75) is 32.9 Å². The summed E-state index contributed by atoms with van der Waals surface area (Å²) in [4.78, 5) is 24.5. The molecule has 1 atom stereocenters. The van der Waals surface area contributed by atoms with Gasteiger partial charge in [-0.25, -0.2) is 20.0 Å². The minimum absolute atomic E-state index is 0.147. The standard InChI is InChI=1S/C20H25N3O3/c1-3-14-23(19(24)21-16(2)18-12-8-5-9-13-18)22-20(25)26-15-17-10-6-4-7-11-17/h4-13,16H,3,14-15H2,1-2H3,(H,21,24)(H,22,25)/t16-/m0/s1. The number of hydrogen-bond donors (Lipinski definition) is 2. The summed E-state index contributed by atoms with van der Waals surface area (Å²) in [7, 11) is 0. The van der Waals surface area contributed by atoms with Crippen molar-refractivity contribution >= 4 is 12.1 Å². The van der Waals surface area contributed by atoms with Crippen LogP contribution in [0.3, 0.4) is 0 Å². The minimum atomic E-state index is -0.662. The molecule has 0 unspecified atom stereocenters. The van der Waals surface area contributed by atoms with E-state index in [-0.39, 0.29) is 18.7 Å². The van der Waals surface area contributed by atoms with E-state index in [0.717, 1.165) is 11.1 Å². The number of hydrazine groups is 1. The monoisotopic (exact) mass is 355 g/mol. The number of nitrogens with zero attached hydrogens (tertiary/aromatic N) is 1. The smallest absolute Gasteiger partial charge is 0.426 e. The van der Waals surface area contributed by atoms with E-state index in [4.69, 9.17) is 4.74 Å². The van der Waals surface area contributed by atoms with E-state index in [9.17, 15) is 9.59 Å². The first-order valence-corrected chi connectivity index (χ1v) is 8.70. The highest BCUT2D eigenvalue weighted by atomic mass is 16.6. The fourth-order valence-electron chi connectivity index (χ4n) is 2.39. The summed E-state index contributed by atoms with van der Waals surface area (Å²) >= 11 is 0. The van der Waals surface area contributed by atoms with Crippen LogP contribution in [0, 0.1) is 0 Å². The van der Waals surface area contributed by atoms with E-state index in [1.54, 1.807) is 0 Å². The molecule has 0 heterocycles. The Hall–Kier alpha value is -3.02. The van der Waals surface area contributed by atoms with Gasteiger partial charge in [0.1, 0.15) is 6.61 Å². The maximum Gasteiger partial charge on any atom is 0.426 e. The largest absolute Gasteiger partial charge is 0.443 e. The van der Waals surface area contributed by atoms with Crippen LogP contribution in [0.4, 0.5) is 9.59 Å². The number of amides is 3. The minimum Gasteiger partial charge on any atom is -0.443 e.